The molecule has 0 spiro atoms. The third-order valence-electron chi connectivity index (χ3n) is 4.14. The molecule has 3 rings (SSSR count). The Morgan fingerprint density at radius 2 is 1.52 bits per heavy atom. The molecule has 0 aromatic heterocycles. The molecule has 110 valence electrons. The highest BCUT2D eigenvalue weighted by molar-refractivity contribution is 7.92. The summed E-state index contributed by atoms with van der Waals surface area (Å²) in [7, 11) is -3.57. The summed E-state index contributed by atoms with van der Waals surface area (Å²) in [5.41, 5.74) is 5.89. The highest BCUT2D eigenvalue weighted by Gasteiger charge is 2.68. The van der Waals surface area contributed by atoms with E-state index in [0.717, 1.165) is 5.56 Å². The lowest BCUT2D eigenvalue weighted by molar-refractivity contribution is 0.253. The summed E-state index contributed by atoms with van der Waals surface area (Å²) in [5.74, 6) is -0.381. The van der Waals surface area contributed by atoms with E-state index in [1.807, 2.05) is 30.3 Å². The van der Waals surface area contributed by atoms with Gasteiger partial charge in [-0.05, 0) is 17.7 Å². The van der Waals surface area contributed by atoms with Crippen molar-refractivity contribution in [3.63, 3.8) is 0 Å². The Kier molecular flexibility index (Phi) is 3.36. The summed E-state index contributed by atoms with van der Waals surface area (Å²) in [6.07, 6.45) is 0. The average molecular weight is 303 g/mol. The number of rotatable bonds is 4. The van der Waals surface area contributed by atoms with Crippen LogP contribution in [-0.4, -0.2) is 30.9 Å². The topological polar surface area (TPSA) is 80.4 Å². The van der Waals surface area contributed by atoms with Gasteiger partial charge in [-0.3, -0.25) is 0 Å². The van der Waals surface area contributed by atoms with Crippen molar-refractivity contribution in [1.29, 1.82) is 0 Å². The zero-order chi connectivity index (χ0) is 15.1. The highest BCUT2D eigenvalue weighted by Crippen LogP contribution is 2.55. The van der Waals surface area contributed by atoms with E-state index in [4.69, 9.17) is 5.73 Å². The largest absolute Gasteiger partial charge is 0.394 e. The van der Waals surface area contributed by atoms with Gasteiger partial charge in [0.15, 0.2) is 9.84 Å². The second kappa shape index (κ2) is 4.94. The number of nitrogens with two attached hydrogens (primary N) is 1. The van der Waals surface area contributed by atoms with E-state index in [1.165, 1.54) is 0 Å². The first-order chi connectivity index (χ1) is 10.0. The summed E-state index contributed by atoms with van der Waals surface area (Å²) < 4.78 is 25.5. The predicted molar refractivity (Wildman–Crippen MR) is 80.6 cm³/mol. The molecule has 0 unspecified atom stereocenters. The van der Waals surface area contributed by atoms with E-state index in [0.29, 0.717) is 0 Å². The average Bonchev–Trinajstić information content (AvgIpc) is 3.17. The molecular formula is C16H17NO3S. The van der Waals surface area contributed by atoms with Crippen LogP contribution in [0.5, 0.6) is 0 Å². The molecule has 0 bridgehead atoms. The highest BCUT2D eigenvalue weighted by atomic mass is 32.2. The summed E-state index contributed by atoms with van der Waals surface area (Å²) in [4.78, 5) is 0.247. The summed E-state index contributed by atoms with van der Waals surface area (Å²) in [6.45, 7) is -0.358. The lowest BCUT2D eigenvalue weighted by Gasteiger charge is -2.08. The first kappa shape index (κ1) is 14.3. The third-order valence-corrected chi connectivity index (χ3v) is 6.45. The van der Waals surface area contributed by atoms with Crippen LogP contribution in [0.4, 0.5) is 0 Å². The van der Waals surface area contributed by atoms with Crippen molar-refractivity contribution < 1.29 is 13.5 Å². The van der Waals surface area contributed by atoms with Gasteiger partial charge < -0.3 is 10.8 Å². The minimum Gasteiger partial charge on any atom is -0.394 e. The Bertz CT molecular complexity index is 731. The van der Waals surface area contributed by atoms with Gasteiger partial charge in [0.1, 0.15) is 0 Å². The Morgan fingerprint density at radius 3 is 2.05 bits per heavy atom. The molecule has 2 aromatic carbocycles. The maximum Gasteiger partial charge on any atom is 0.183 e. The van der Waals surface area contributed by atoms with Crippen molar-refractivity contribution in [2.75, 3.05) is 6.61 Å². The van der Waals surface area contributed by atoms with Crippen LogP contribution in [0.3, 0.4) is 0 Å². The van der Waals surface area contributed by atoms with Crippen molar-refractivity contribution in [2.24, 2.45) is 5.73 Å². The zero-order valence-corrected chi connectivity index (χ0v) is 12.2. The number of benzene rings is 2. The van der Waals surface area contributed by atoms with Crippen LogP contribution in [0.1, 0.15) is 11.5 Å². The predicted octanol–water partition coefficient (Wildman–Crippen LogP) is 1.32. The molecule has 1 aliphatic rings. The van der Waals surface area contributed by atoms with Crippen molar-refractivity contribution >= 4 is 9.84 Å². The molecule has 0 radical (unpaired) electrons. The zero-order valence-electron chi connectivity index (χ0n) is 11.4. The Hall–Kier alpha value is -1.69. The van der Waals surface area contributed by atoms with Crippen LogP contribution in [0.15, 0.2) is 65.6 Å². The standard InChI is InChI=1S/C16H17NO3S/c17-16(11-18)14(12-7-3-1-4-8-12)15(16)21(19,20)13-9-5-2-6-10-13/h1-10,14-15,18H,11,17H2/t14-,15+,16+/m1/s1. The van der Waals surface area contributed by atoms with Gasteiger partial charge in [0, 0.05) is 5.92 Å². The monoisotopic (exact) mass is 303 g/mol. The summed E-state index contributed by atoms with van der Waals surface area (Å²) >= 11 is 0. The fourth-order valence-electron chi connectivity index (χ4n) is 2.98. The number of sulfone groups is 1. The Morgan fingerprint density at radius 1 is 1.00 bits per heavy atom. The maximum atomic E-state index is 12.8. The number of hydrogen-bond acceptors (Lipinski definition) is 4. The first-order valence-electron chi connectivity index (χ1n) is 6.75. The van der Waals surface area contributed by atoms with Gasteiger partial charge in [-0.2, -0.15) is 0 Å². The quantitative estimate of drug-likeness (QED) is 0.892. The lowest BCUT2D eigenvalue weighted by atomic mass is 10.1. The van der Waals surface area contributed by atoms with Crippen LogP contribution in [0.2, 0.25) is 0 Å². The Labute approximate surface area is 124 Å². The fraction of sp³-hybridized carbons (Fsp3) is 0.250. The van der Waals surface area contributed by atoms with E-state index in [9.17, 15) is 13.5 Å². The third kappa shape index (κ3) is 2.18. The van der Waals surface area contributed by atoms with Gasteiger partial charge in [-0.25, -0.2) is 8.42 Å². The minimum absolute atomic E-state index is 0.247. The Balaban J connectivity index is 2.03. The number of aliphatic hydroxyl groups excluding tert-OH is 1. The van der Waals surface area contributed by atoms with Crippen LogP contribution in [0.25, 0.3) is 0 Å². The van der Waals surface area contributed by atoms with Crippen molar-refractivity contribution in [1.82, 2.24) is 0 Å². The van der Waals surface area contributed by atoms with Gasteiger partial charge >= 0.3 is 0 Å². The van der Waals surface area contributed by atoms with Gasteiger partial charge in [0.2, 0.25) is 0 Å². The van der Waals surface area contributed by atoms with Crippen LogP contribution in [-0.2, 0) is 9.84 Å². The molecule has 1 aliphatic carbocycles. The lowest BCUT2D eigenvalue weighted by Crippen LogP contribution is -2.35. The molecule has 4 nitrogen and oxygen atoms in total. The molecule has 1 fully saturated rings. The molecular weight excluding hydrogens is 286 g/mol. The first-order valence-corrected chi connectivity index (χ1v) is 8.30. The smallest absolute Gasteiger partial charge is 0.183 e. The van der Waals surface area contributed by atoms with Crippen LogP contribution < -0.4 is 5.73 Å². The normalized spacial score (nSPS) is 28.3. The SMILES string of the molecule is N[C@@]1(CO)[C@H](c2ccccc2)[C@@H]1S(=O)(=O)c1ccccc1. The van der Waals surface area contributed by atoms with Gasteiger partial charge in [-0.15, -0.1) is 0 Å². The molecule has 3 atom stereocenters. The summed E-state index contributed by atoms with van der Waals surface area (Å²) in [5, 5.41) is 8.80. The second-order valence-electron chi connectivity index (χ2n) is 5.44. The molecule has 5 heteroatoms. The fourth-order valence-corrected chi connectivity index (χ4v) is 5.30. The molecule has 3 N–H and O–H groups in total. The van der Waals surface area contributed by atoms with E-state index < -0.39 is 20.6 Å². The molecule has 21 heavy (non-hydrogen) atoms. The number of aliphatic hydroxyl groups is 1. The molecule has 2 aromatic rings. The molecule has 0 saturated heterocycles. The van der Waals surface area contributed by atoms with Gasteiger partial charge in [0.25, 0.3) is 0 Å². The molecule has 0 heterocycles. The molecule has 1 saturated carbocycles. The number of hydrogen-bond donors (Lipinski definition) is 2. The summed E-state index contributed by atoms with van der Waals surface area (Å²) in [6, 6.07) is 17.5. The van der Waals surface area contributed by atoms with E-state index in [2.05, 4.69) is 0 Å². The van der Waals surface area contributed by atoms with Crippen LogP contribution >= 0.6 is 0 Å². The second-order valence-corrected chi connectivity index (χ2v) is 7.51. The minimum atomic E-state index is -3.57. The van der Waals surface area contributed by atoms with Crippen molar-refractivity contribution in [3.05, 3.63) is 66.2 Å². The van der Waals surface area contributed by atoms with E-state index >= 15 is 0 Å². The van der Waals surface area contributed by atoms with Gasteiger partial charge in [0.05, 0.1) is 22.3 Å². The van der Waals surface area contributed by atoms with E-state index in [1.54, 1.807) is 30.3 Å². The molecule has 0 amide bonds. The molecule has 0 aliphatic heterocycles. The van der Waals surface area contributed by atoms with Gasteiger partial charge in [-0.1, -0.05) is 48.5 Å². The maximum absolute atomic E-state index is 12.8. The van der Waals surface area contributed by atoms with Crippen molar-refractivity contribution in [2.45, 2.75) is 21.6 Å². The van der Waals surface area contributed by atoms with Crippen molar-refractivity contribution in [3.8, 4) is 0 Å². The van der Waals surface area contributed by atoms with E-state index in [-0.39, 0.29) is 17.4 Å². The van der Waals surface area contributed by atoms with Crippen LogP contribution in [0, 0.1) is 0 Å².